The van der Waals surface area contributed by atoms with Gasteiger partial charge in [0.15, 0.2) is 5.82 Å². The number of carbonyl (C=O) groups is 1. The summed E-state index contributed by atoms with van der Waals surface area (Å²) in [7, 11) is 1.87. The van der Waals surface area contributed by atoms with Gasteiger partial charge in [-0.3, -0.25) is 4.79 Å². The number of hydrogen-bond acceptors (Lipinski definition) is 4. The Morgan fingerprint density at radius 1 is 1.67 bits per heavy atom. The third kappa shape index (κ3) is 2.69. The monoisotopic (exact) mass is 251 g/mol. The van der Waals surface area contributed by atoms with Crippen LogP contribution in [0.4, 0.5) is 0 Å². The number of rotatable bonds is 3. The number of aryl methyl sites for hydroxylation is 1. The number of carbonyl (C=O) groups excluding carboxylic acids is 1. The average Bonchev–Trinajstić information content (AvgIpc) is 2.71. The molecule has 1 aromatic heterocycles. The molecular formula is C12H21N5O. The summed E-state index contributed by atoms with van der Waals surface area (Å²) >= 11 is 0. The molecule has 6 nitrogen and oxygen atoms in total. The highest BCUT2D eigenvalue weighted by Crippen LogP contribution is 2.30. The van der Waals surface area contributed by atoms with Crippen LogP contribution in [0.2, 0.25) is 0 Å². The first kappa shape index (κ1) is 13.0. The lowest BCUT2D eigenvalue weighted by molar-refractivity contribution is -0.127. The van der Waals surface area contributed by atoms with E-state index in [9.17, 15) is 4.79 Å². The van der Waals surface area contributed by atoms with Crippen LogP contribution in [-0.2, 0) is 18.4 Å². The first-order valence-corrected chi connectivity index (χ1v) is 6.35. The zero-order valence-corrected chi connectivity index (χ0v) is 11.2. The van der Waals surface area contributed by atoms with Gasteiger partial charge in [-0.2, -0.15) is 0 Å². The van der Waals surface area contributed by atoms with Crippen molar-refractivity contribution in [3.8, 4) is 0 Å². The summed E-state index contributed by atoms with van der Waals surface area (Å²) in [6.07, 6.45) is 3.83. The molecule has 0 saturated carbocycles. The number of nitrogens with one attached hydrogen (secondary N) is 2. The van der Waals surface area contributed by atoms with Crippen molar-refractivity contribution in [2.24, 2.45) is 12.5 Å². The Morgan fingerprint density at radius 2 is 2.44 bits per heavy atom. The fraction of sp³-hybridized carbons (Fsp3) is 0.750. The highest BCUT2D eigenvalue weighted by molar-refractivity contribution is 5.82. The number of piperidine rings is 1. The lowest BCUT2D eigenvalue weighted by atomic mass is 9.77. The van der Waals surface area contributed by atoms with Crippen LogP contribution in [0.25, 0.3) is 0 Å². The van der Waals surface area contributed by atoms with Crippen LogP contribution in [0.15, 0.2) is 6.33 Å². The van der Waals surface area contributed by atoms with E-state index in [1.54, 1.807) is 10.9 Å². The maximum Gasteiger partial charge on any atom is 0.238 e. The fourth-order valence-corrected chi connectivity index (χ4v) is 2.39. The van der Waals surface area contributed by atoms with Gasteiger partial charge in [-0.1, -0.05) is 13.8 Å². The number of hydrogen-bond donors (Lipinski definition) is 2. The zero-order chi connectivity index (χ0) is 13.2. The van der Waals surface area contributed by atoms with Crippen LogP contribution in [0.1, 0.15) is 32.5 Å². The normalized spacial score (nSPS) is 22.7. The summed E-state index contributed by atoms with van der Waals surface area (Å²) in [5.41, 5.74) is 0.00220. The van der Waals surface area contributed by atoms with Gasteiger partial charge in [0.1, 0.15) is 6.33 Å². The van der Waals surface area contributed by atoms with Gasteiger partial charge in [0.25, 0.3) is 0 Å². The lowest BCUT2D eigenvalue weighted by Gasteiger charge is -2.38. The SMILES string of the molecule is Cn1cnnc1CNC(=O)C1NCCCC1(C)C. The maximum absolute atomic E-state index is 12.2. The summed E-state index contributed by atoms with van der Waals surface area (Å²) in [6, 6.07) is -0.125. The molecule has 1 aliphatic heterocycles. The van der Waals surface area contributed by atoms with Crippen molar-refractivity contribution in [1.29, 1.82) is 0 Å². The molecule has 1 fully saturated rings. The summed E-state index contributed by atoms with van der Waals surface area (Å²) < 4.78 is 1.81. The van der Waals surface area contributed by atoms with Crippen molar-refractivity contribution in [2.75, 3.05) is 6.54 Å². The van der Waals surface area contributed by atoms with Crippen molar-refractivity contribution in [3.63, 3.8) is 0 Å². The Bertz CT molecular complexity index is 426. The van der Waals surface area contributed by atoms with Crippen LogP contribution in [0.3, 0.4) is 0 Å². The summed E-state index contributed by atoms with van der Waals surface area (Å²) in [6.45, 7) is 5.59. The number of aromatic nitrogens is 3. The Hall–Kier alpha value is -1.43. The summed E-state index contributed by atoms with van der Waals surface area (Å²) in [4.78, 5) is 12.2. The molecule has 2 rings (SSSR count). The number of amides is 1. The van der Waals surface area contributed by atoms with Crippen molar-refractivity contribution < 1.29 is 4.79 Å². The zero-order valence-electron chi connectivity index (χ0n) is 11.2. The molecule has 18 heavy (non-hydrogen) atoms. The van der Waals surface area contributed by atoms with E-state index >= 15 is 0 Å². The average molecular weight is 251 g/mol. The maximum atomic E-state index is 12.2. The van der Waals surface area contributed by atoms with Crippen LogP contribution < -0.4 is 10.6 Å². The van der Waals surface area contributed by atoms with Crippen LogP contribution >= 0.6 is 0 Å². The molecule has 1 aromatic rings. The standard InChI is InChI=1S/C12H21N5O/c1-12(2)5-4-6-13-10(12)11(18)14-7-9-16-15-8-17(9)3/h8,10,13H,4-7H2,1-3H3,(H,14,18). The molecule has 1 saturated heterocycles. The topological polar surface area (TPSA) is 71.8 Å². The first-order chi connectivity index (χ1) is 8.50. The van der Waals surface area contributed by atoms with Crippen molar-refractivity contribution in [1.82, 2.24) is 25.4 Å². The summed E-state index contributed by atoms with van der Waals surface area (Å²) in [5.74, 6) is 0.805. The predicted octanol–water partition coefficient (Wildman–Crippen LogP) is 0.210. The lowest BCUT2D eigenvalue weighted by Crippen LogP contribution is -2.55. The van der Waals surface area contributed by atoms with Gasteiger partial charge >= 0.3 is 0 Å². The second kappa shape index (κ2) is 5.06. The Morgan fingerprint density at radius 3 is 3.06 bits per heavy atom. The molecule has 1 aliphatic rings. The second-order valence-electron chi connectivity index (χ2n) is 5.56. The van der Waals surface area contributed by atoms with E-state index in [2.05, 4.69) is 34.7 Å². The van der Waals surface area contributed by atoms with E-state index in [-0.39, 0.29) is 17.4 Å². The van der Waals surface area contributed by atoms with Gasteiger partial charge in [0, 0.05) is 7.05 Å². The van der Waals surface area contributed by atoms with Gasteiger partial charge in [-0.15, -0.1) is 10.2 Å². The van der Waals surface area contributed by atoms with E-state index in [0.29, 0.717) is 6.54 Å². The molecule has 0 spiro atoms. The van der Waals surface area contributed by atoms with E-state index in [0.717, 1.165) is 25.2 Å². The molecule has 0 bridgehead atoms. The molecular weight excluding hydrogens is 230 g/mol. The van der Waals surface area contributed by atoms with E-state index < -0.39 is 0 Å². The molecule has 100 valence electrons. The minimum absolute atomic E-state index is 0.00220. The quantitative estimate of drug-likeness (QED) is 0.805. The molecule has 2 N–H and O–H groups in total. The van der Waals surface area contributed by atoms with E-state index in [4.69, 9.17) is 0 Å². The highest BCUT2D eigenvalue weighted by atomic mass is 16.2. The third-order valence-electron chi connectivity index (χ3n) is 3.62. The molecule has 1 unspecified atom stereocenters. The Kier molecular flexibility index (Phi) is 3.65. The molecule has 0 aliphatic carbocycles. The van der Waals surface area contributed by atoms with Crippen LogP contribution in [0, 0.1) is 5.41 Å². The largest absolute Gasteiger partial charge is 0.347 e. The van der Waals surface area contributed by atoms with Gasteiger partial charge in [0.05, 0.1) is 12.6 Å². The second-order valence-corrected chi connectivity index (χ2v) is 5.56. The molecule has 1 atom stereocenters. The molecule has 0 aromatic carbocycles. The van der Waals surface area contributed by atoms with Gasteiger partial charge in [-0.25, -0.2) is 0 Å². The summed E-state index contributed by atoms with van der Waals surface area (Å²) in [5, 5.41) is 14.0. The molecule has 1 amide bonds. The van der Waals surface area contributed by atoms with Crippen LogP contribution in [-0.4, -0.2) is 33.3 Å². The van der Waals surface area contributed by atoms with Crippen molar-refractivity contribution in [3.05, 3.63) is 12.2 Å². The Balaban J connectivity index is 1.93. The fourth-order valence-electron chi connectivity index (χ4n) is 2.39. The number of nitrogens with zero attached hydrogens (tertiary/aromatic N) is 3. The van der Waals surface area contributed by atoms with E-state index in [1.165, 1.54) is 0 Å². The highest BCUT2D eigenvalue weighted by Gasteiger charge is 2.36. The Labute approximate surface area is 107 Å². The predicted molar refractivity (Wildman–Crippen MR) is 67.7 cm³/mol. The smallest absolute Gasteiger partial charge is 0.238 e. The molecule has 0 radical (unpaired) electrons. The third-order valence-corrected chi connectivity index (χ3v) is 3.62. The first-order valence-electron chi connectivity index (χ1n) is 6.35. The molecule has 6 heteroatoms. The van der Waals surface area contributed by atoms with Gasteiger partial charge in [0.2, 0.25) is 5.91 Å². The minimum atomic E-state index is -0.125. The minimum Gasteiger partial charge on any atom is -0.347 e. The van der Waals surface area contributed by atoms with Crippen LogP contribution in [0.5, 0.6) is 0 Å². The van der Waals surface area contributed by atoms with Crippen molar-refractivity contribution in [2.45, 2.75) is 39.3 Å². The van der Waals surface area contributed by atoms with Gasteiger partial charge < -0.3 is 15.2 Å². The van der Waals surface area contributed by atoms with Crippen molar-refractivity contribution >= 4 is 5.91 Å². The molecule has 2 heterocycles. The van der Waals surface area contributed by atoms with Gasteiger partial charge in [-0.05, 0) is 24.8 Å². The van der Waals surface area contributed by atoms with E-state index in [1.807, 2.05) is 7.05 Å².